The number of hydrogen-bond acceptors (Lipinski definition) is 5. The minimum atomic E-state index is -0.609. The van der Waals surface area contributed by atoms with Gasteiger partial charge in [-0.15, -0.1) is 0 Å². The monoisotopic (exact) mass is 451 g/mol. The Morgan fingerprint density at radius 3 is 2.32 bits per heavy atom. The lowest BCUT2D eigenvalue weighted by atomic mass is 9.84. The van der Waals surface area contributed by atoms with Crippen LogP contribution in [-0.4, -0.2) is 33.8 Å². The standard InChI is InChI=1S/C27H22FN5O/c1-33-26(34)23(19-11-9-18(10-12-19)17-6-3-2-4-7-17)24(32-27(33)29)20-13-15-30-22(16-20)21-8-5-14-31-25(21)28/h2-16,23-24H,1H3,(H2,29,32)/t23-,24-/m1/s1. The maximum absolute atomic E-state index is 14.3. The molecule has 1 amide bonds. The number of nitrogens with zero attached hydrogens (tertiary/aromatic N) is 4. The largest absolute Gasteiger partial charge is 0.369 e. The van der Waals surface area contributed by atoms with Crippen molar-refractivity contribution >= 4 is 11.9 Å². The summed E-state index contributed by atoms with van der Waals surface area (Å²) in [5.74, 6) is -1.22. The van der Waals surface area contributed by atoms with Gasteiger partial charge in [-0.1, -0.05) is 54.6 Å². The van der Waals surface area contributed by atoms with Gasteiger partial charge in [0.15, 0.2) is 5.96 Å². The van der Waals surface area contributed by atoms with E-state index in [4.69, 9.17) is 5.73 Å². The van der Waals surface area contributed by atoms with Crippen molar-refractivity contribution in [3.8, 4) is 22.4 Å². The summed E-state index contributed by atoms with van der Waals surface area (Å²) in [5.41, 5.74) is 10.5. The molecular formula is C27H22FN5O. The van der Waals surface area contributed by atoms with Gasteiger partial charge < -0.3 is 5.73 Å². The molecule has 2 N–H and O–H groups in total. The first-order chi connectivity index (χ1) is 16.5. The van der Waals surface area contributed by atoms with Crippen LogP contribution in [0.1, 0.15) is 23.1 Å². The molecule has 2 atom stereocenters. The molecule has 168 valence electrons. The molecule has 0 spiro atoms. The van der Waals surface area contributed by atoms with Crippen molar-refractivity contribution in [2.75, 3.05) is 7.05 Å². The molecule has 4 aromatic rings. The predicted octanol–water partition coefficient (Wildman–Crippen LogP) is 4.56. The Kier molecular flexibility index (Phi) is 5.59. The van der Waals surface area contributed by atoms with Crippen molar-refractivity contribution in [2.24, 2.45) is 10.7 Å². The third-order valence-electron chi connectivity index (χ3n) is 6.06. The molecule has 6 nitrogen and oxygen atoms in total. The lowest BCUT2D eigenvalue weighted by molar-refractivity contribution is -0.129. The minimum absolute atomic E-state index is 0.137. The Labute approximate surface area is 196 Å². The van der Waals surface area contributed by atoms with Crippen LogP contribution in [0.2, 0.25) is 0 Å². The van der Waals surface area contributed by atoms with Crippen LogP contribution >= 0.6 is 0 Å². The maximum atomic E-state index is 14.3. The number of carbonyl (C=O) groups is 1. The lowest BCUT2D eigenvalue weighted by Gasteiger charge is -2.33. The fourth-order valence-corrected chi connectivity index (χ4v) is 4.22. The Hall–Kier alpha value is -4.39. The molecule has 1 aliphatic rings. The molecule has 0 saturated heterocycles. The van der Waals surface area contributed by atoms with Crippen LogP contribution in [0.25, 0.3) is 22.4 Å². The smallest absolute Gasteiger partial charge is 0.239 e. The van der Waals surface area contributed by atoms with Crippen LogP contribution in [-0.2, 0) is 4.79 Å². The van der Waals surface area contributed by atoms with E-state index in [1.165, 1.54) is 11.1 Å². The summed E-state index contributed by atoms with van der Waals surface area (Å²) in [6, 6.07) is 24.1. The van der Waals surface area contributed by atoms with Crippen molar-refractivity contribution < 1.29 is 9.18 Å². The van der Waals surface area contributed by atoms with Crippen molar-refractivity contribution in [3.63, 3.8) is 0 Å². The molecular weight excluding hydrogens is 429 g/mol. The second-order valence-electron chi connectivity index (χ2n) is 8.11. The average molecular weight is 452 g/mol. The van der Waals surface area contributed by atoms with Crippen molar-refractivity contribution in [3.05, 3.63) is 108 Å². The highest BCUT2D eigenvalue weighted by atomic mass is 19.1. The van der Waals surface area contributed by atoms with E-state index in [1.807, 2.05) is 54.6 Å². The number of amides is 1. The molecule has 0 fully saturated rings. The third kappa shape index (κ3) is 3.92. The van der Waals surface area contributed by atoms with Gasteiger partial charge in [0, 0.05) is 19.4 Å². The predicted molar refractivity (Wildman–Crippen MR) is 129 cm³/mol. The van der Waals surface area contributed by atoms with Gasteiger partial charge in [-0.25, -0.2) is 9.98 Å². The lowest BCUT2D eigenvalue weighted by Crippen LogP contribution is -2.46. The number of carbonyl (C=O) groups excluding carboxylic acids is 1. The molecule has 0 radical (unpaired) electrons. The van der Waals surface area contributed by atoms with E-state index in [-0.39, 0.29) is 17.4 Å². The molecule has 0 aliphatic carbocycles. The first-order valence-corrected chi connectivity index (χ1v) is 10.9. The van der Waals surface area contributed by atoms with Crippen LogP contribution in [0.5, 0.6) is 0 Å². The zero-order chi connectivity index (χ0) is 23.7. The summed E-state index contributed by atoms with van der Waals surface area (Å²) in [7, 11) is 1.62. The van der Waals surface area contributed by atoms with E-state index in [9.17, 15) is 9.18 Å². The highest BCUT2D eigenvalue weighted by Crippen LogP contribution is 2.39. The second kappa shape index (κ2) is 8.86. The quantitative estimate of drug-likeness (QED) is 0.461. The van der Waals surface area contributed by atoms with E-state index in [2.05, 4.69) is 15.0 Å². The number of nitrogens with two attached hydrogens (primary N) is 1. The molecule has 2 aromatic carbocycles. The summed E-state index contributed by atoms with van der Waals surface area (Å²) >= 11 is 0. The summed E-state index contributed by atoms with van der Waals surface area (Å²) in [6.45, 7) is 0. The first-order valence-electron chi connectivity index (χ1n) is 10.9. The Morgan fingerprint density at radius 1 is 0.853 bits per heavy atom. The molecule has 5 rings (SSSR count). The molecule has 34 heavy (non-hydrogen) atoms. The molecule has 0 unspecified atom stereocenters. The van der Waals surface area contributed by atoms with E-state index >= 15 is 0 Å². The summed E-state index contributed by atoms with van der Waals surface area (Å²) in [5, 5.41) is 0. The topological polar surface area (TPSA) is 84.5 Å². The number of likely N-dealkylation sites (N-methyl/N-ethyl adjacent to an activating group) is 1. The highest BCUT2D eigenvalue weighted by molar-refractivity contribution is 6.01. The zero-order valence-electron chi connectivity index (χ0n) is 18.5. The average Bonchev–Trinajstić information content (AvgIpc) is 2.88. The highest BCUT2D eigenvalue weighted by Gasteiger charge is 2.38. The molecule has 0 bridgehead atoms. The van der Waals surface area contributed by atoms with E-state index in [0.29, 0.717) is 5.69 Å². The number of pyridine rings is 2. The van der Waals surface area contributed by atoms with Crippen LogP contribution < -0.4 is 5.73 Å². The number of rotatable bonds is 4. The number of benzene rings is 2. The van der Waals surface area contributed by atoms with Crippen LogP contribution in [0.4, 0.5) is 4.39 Å². The first kappa shape index (κ1) is 21.5. The fraction of sp³-hybridized carbons (Fsp3) is 0.111. The number of hydrogen-bond donors (Lipinski definition) is 1. The van der Waals surface area contributed by atoms with E-state index < -0.39 is 17.9 Å². The van der Waals surface area contributed by atoms with Crippen LogP contribution in [0.15, 0.2) is 96.2 Å². The minimum Gasteiger partial charge on any atom is -0.369 e. The van der Waals surface area contributed by atoms with Crippen molar-refractivity contribution in [1.82, 2.24) is 14.9 Å². The van der Waals surface area contributed by atoms with Crippen molar-refractivity contribution in [1.29, 1.82) is 0 Å². The van der Waals surface area contributed by atoms with Gasteiger partial charge in [0.1, 0.15) is 0 Å². The zero-order valence-corrected chi connectivity index (χ0v) is 18.5. The molecule has 7 heteroatoms. The van der Waals surface area contributed by atoms with Crippen molar-refractivity contribution in [2.45, 2.75) is 12.0 Å². The SMILES string of the molecule is CN1C(=O)[C@H](c2ccc(-c3ccccc3)cc2)[C@@H](c2ccnc(-c3cccnc3F)c2)N=C1N. The van der Waals surface area contributed by atoms with Gasteiger partial charge in [0.25, 0.3) is 0 Å². The summed E-state index contributed by atoms with van der Waals surface area (Å²) < 4.78 is 14.3. The summed E-state index contributed by atoms with van der Waals surface area (Å²) in [6.07, 6.45) is 2.97. The maximum Gasteiger partial charge on any atom is 0.239 e. The normalized spacial score (nSPS) is 18.0. The Morgan fingerprint density at radius 2 is 1.59 bits per heavy atom. The Balaban J connectivity index is 1.56. The van der Waals surface area contributed by atoms with Gasteiger partial charge >= 0.3 is 0 Å². The number of halogens is 1. The van der Waals surface area contributed by atoms with Gasteiger partial charge in [0.05, 0.1) is 23.2 Å². The molecule has 1 aliphatic heterocycles. The van der Waals surface area contributed by atoms with E-state index in [1.54, 1.807) is 37.5 Å². The van der Waals surface area contributed by atoms with E-state index in [0.717, 1.165) is 22.3 Å². The summed E-state index contributed by atoms with van der Waals surface area (Å²) in [4.78, 5) is 27.4. The Bertz CT molecular complexity index is 1370. The van der Waals surface area contributed by atoms with Gasteiger partial charge in [-0.2, -0.15) is 4.39 Å². The fourth-order valence-electron chi connectivity index (χ4n) is 4.22. The van der Waals surface area contributed by atoms with Gasteiger partial charge in [0.2, 0.25) is 11.9 Å². The van der Waals surface area contributed by atoms with Gasteiger partial charge in [-0.05, 0) is 46.5 Å². The number of aliphatic imine (C=N–C) groups is 1. The molecule has 3 heterocycles. The van der Waals surface area contributed by atoms with Crippen LogP contribution in [0, 0.1) is 5.95 Å². The van der Waals surface area contributed by atoms with Crippen LogP contribution in [0.3, 0.4) is 0 Å². The molecule has 2 aromatic heterocycles. The third-order valence-corrected chi connectivity index (χ3v) is 6.06. The number of guanidine groups is 1. The van der Waals surface area contributed by atoms with Gasteiger partial charge in [-0.3, -0.25) is 14.7 Å². The number of aromatic nitrogens is 2. The second-order valence-corrected chi connectivity index (χ2v) is 8.11. The molecule has 0 saturated carbocycles.